The smallest absolute Gasteiger partial charge is 0.261 e. The van der Waals surface area contributed by atoms with Gasteiger partial charge in [0.25, 0.3) is 15.9 Å². The maximum Gasteiger partial charge on any atom is 0.261 e. The van der Waals surface area contributed by atoms with Gasteiger partial charge in [0, 0.05) is 25.9 Å². The van der Waals surface area contributed by atoms with E-state index >= 15 is 0 Å². The maximum absolute atomic E-state index is 13.1. The highest BCUT2D eigenvalue weighted by molar-refractivity contribution is 7.92. The van der Waals surface area contributed by atoms with Crippen molar-refractivity contribution < 1.29 is 31.9 Å². The maximum atomic E-state index is 13.1. The van der Waals surface area contributed by atoms with Gasteiger partial charge in [-0.1, -0.05) is 30.3 Å². The molecule has 0 fully saturated rings. The van der Waals surface area contributed by atoms with Crippen molar-refractivity contribution in [2.75, 3.05) is 31.6 Å². The summed E-state index contributed by atoms with van der Waals surface area (Å²) in [6, 6.07) is 18.9. The first-order valence-corrected chi connectivity index (χ1v) is 13.3. The number of benzene rings is 3. The van der Waals surface area contributed by atoms with E-state index in [-0.39, 0.29) is 35.4 Å². The zero-order valence-corrected chi connectivity index (χ0v) is 21.9. The second kappa shape index (κ2) is 13.5. The van der Waals surface area contributed by atoms with Crippen LogP contribution in [0.2, 0.25) is 0 Å². The van der Waals surface area contributed by atoms with E-state index in [0.29, 0.717) is 13.2 Å². The minimum atomic E-state index is -3.91. The van der Waals surface area contributed by atoms with Crippen LogP contribution in [0.4, 0.5) is 10.1 Å². The zero-order chi connectivity index (χ0) is 27.5. The van der Waals surface area contributed by atoms with Gasteiger partial charge < -0.3 is 19.7 Å². The standard InChI is InChI=1S/C27H30FN3O6S/c1-20(27(33)29-16-17-36-2)31(18-21-6-4-3-5-7-21)26(32)19-37-24-12-14-25(15-13-24)38(34,35)30-23-10-8-22(28)9-11-23/h3-15,20,30H,16-19H2,1-2H3,(H,29,33)/t20-/m0/s1. The predicted molar refractivity (Wildman–Crippen MR) is 140 cm³/mol. The van der Waals surface area contributed by atoms with Crippen LogP contribution in [0, 0.1) is 5.82 Å². The lowest BCUT2D eigenvalue weighted by atomic mass is 10.1. The van der Waals surface area contributed by atoms with Crippen molar-refractivity contribution in [3.8, 4) is 5.75 Å². The lowest BCUT2D eigenvalue weighted by molar-refractivity contribution is -0.142. The van der Waals surface area contributed by atoms with Crippen LogP contribution in [0.25, 0.3) is 0 Å². The summed E-state index contributed by atoms with van der Waals surface area (Å²) >= 11 is 0. The largest absolute Gasteiger partial charge is 0.484 e. The molecule has 0 heterocycles. The molecule has 11 heteroatoms. The molecular weight excluding hydrogens is 513 g/mol. The number of hydrogen-bond acceptors (Lipinski definition) is 6. The number of amides is 2. The number of anilines is 1. The minimum Gasteiger partial charge on any atom is -0.484 e. The average Bonchev–Trinajstić information content (AvgIpc) is 2.92. The average molecular weight is 544 g/mol. The fourth-order valence-corrected chi connectivity index (χ4v) is 4.52. The Morgan fingerprint density at radius 1 is 0.974 bits per heavy atom. The van der Waals surface area contributed by atoms with E-state index in [1.54, 1.807) is 6.92 Å². The molecule has 2 N–H and O–H groups in total. The first-order chi connectivity index (χ1) is 18.2. The minimum absolute atomic E-state index is 0.0347. The van der Waals surface area contributed by atoms with Gasteiger partial charge in [0.15, 0.2) is 6.61 Å². The molecule has 3 rings (SSSR count). The van der Waals surface area contributed by atoms with Crippen molar-refractivity contribution in [2.24, 2.45) is 0 Å². The molecule has 0 bridgehead atoms. The van der Waals surface area contributed by atoms with Crippen molar-refractivity contribution >= 4 is 27.5 Å². The van der Waals surface area contributed by atoms with Gasteiger partial charge in [0.05, 0.1) is 11.5 Å². The van der Waals surface area contributed by atoms with Gasteiger partial charge in [-0.25, -0.2) is 12.8 Å². The number of hydrogen-bond donors (Lipinski definition) is 2. The second-order valence-corrected chi connectivity index (χ2v) is 10.0. The topological polar surface area (TPSA) is 114 Å². The van der Waals surface area contributed by atoms with E-state index in [9.17, 15) is 22.4 Å². The summed E-state index contributed by atoms with van der Waals surface area (Å²) in [5, 5.41) is 2.74. The van der Waals surface area contributed by atoms with Crippen molar-refractivity contribution in [1.29, 1.82) is 0 Å². The number of rotatable bonds is 13. The van der Waals surface area contributed by atoms with Crippen LogP contribution in [0.5, 0.6) is 5.75 Å². The molecule has 3 aromatic rings. The van der Waals surface area contributed by atoms with Gasteiger partial charge >= 0.3 is 0 Å². The van der Waals surface area contributed by atoms with Gasteiger partial charge in [-0.15, -0.1) is 0 Å². The monoisotopic (exact) mass is 543 g/mol. The highest BCUT2D eigenvalue weighted by Gasteiger charge is 2.26. The fourth-order valence-electron chi connectivity index (χ4n) is 3.46. The predicted octanol–water partition coefficient (Wildman–Crippen LogP) is 3.19. The molecule has 9 nitrogen and oxygen atoms in total. The van der Waals surface area contributed by atoms with E-state index < -0.39 is 27.8 Å². The Hall–Kier alpha value is -3.96. The van der Waals surface area contributed by atoms with Crippen LogP contribution in [0.1, 0.15) is 12.5 Å². The number of nitrogens with one attached hydrogen (secondary N) is 2. The molecule has 0 saturated carbocycles. The van der Waals surface area contributed by atoms with Crippen molar-refractivity contribution in [1.82, 2.24) is 10.2 Å². The molecule has 0 aliphatic rings. The molecule has 0 aromatic heterocycles. The quantitative estimate of drug-likeness (QED) is 0.320. The lowest BCUT2D eigenvalue weighted by Crippen LogP contribution is -2.49. The summed E-state index contributed by atoms with van der Waals surface area (Å²) in [5.41, 5.74) is 1.07. The molecule has 0 unspecified atom stereocenters. The SMILES string of the molecule is COCCNC(=O)[C@H](C)N(Cc1ccccc1)C(=O)COc1ccc(S(=O)(=O)Nc2ccc(F)cc2)cc1. The molecule has 0 spiro atoms. The molecule has 0 aliphatic carbocycles. The first-order valence-electron chi connectivity index (χ1n) is 11.8. The molecule has 2 amide bonds. The van der Waals surface area contributed by atoms with Crippen LogP contribution < -0.4 is 14.8 Å². The Balaban J connectivity index is 1.65. The third kappa shape index (κ3) is 8.29. The van der Waals surface area contributed by atoms with Gasteiger partial charge in [0.2, 0.25) is 5.91 Å². The second-order valence-electron chi connectivity index (χ2n) is 8.34. The van der Waals surface area contributed by atoms with Crippen molar-refractivity contribution in [3.63, 3.8) is 0 Å². The van der Waals surface area contributed by atoms with Crippen LogP contribution in [0.3, 0.4) is 0 Å². The van der Waals surface area contributed by atoms with Crippen LogP contribution >= 0.6 is 0 Å². The number of carbonyl (C=O) groups is 2. The number of methoxy groups -OCH3 is 1. The molecule has 3 aromatic carbocycles. The highest BCUT2D eigenvalue weighted by Crippen LogP contribution is 2.20. The van der Waals surface area contributed by atoms with Gasteiger partial charge in [0.1, 0.15) is 17.6 Å². The van der Waals surface area contributed by atoms with Crippen molar-refractivity contribution in [2.45, 2.75) is 24.4 Å². The summed E-state index contributed by atoms with van der Waals surface area (Å²) in [4.78, 5) is 27.1. The van der Waals surface area contributed by atoms with Gasteiger partial charge in [-0.2, -0.15) is 0 Å². The molecule has 0 aliphatic heterocycles. The Bertz CT molecular complexity index is 1300. The zero-order valence-electron chi connectivity index (χ0n) is 21.1. The molecular formula is C27H30FN3O6S. The Morgan fingerprint density at radius 2 is 1.63 bits per heavy atom. The highest BCUT2D eigenvalue weighted by atomic mass is 32.2. The molecule has 0 saturated heterocycles. The number of carbonyl (C=O) groups excluding carboxylic acids is 2. The molecule has 0 radical (unpaired) electrons. The third-order valence-corrected chi connectivity index (χ3v) is 6.96. The summed E-state index contributed by atoms with van der Waals surface area (Å²) in [7, 11) is -2.38. The Morgan fingerprint density at radius 3 is 2.26 bits per heavy atom. The van der Waals surface area contributed by atoms with Gasteiger partial charge in [-0.3, -0.25) is 14.3 Å². The van der Waals surface area contributed by atoms with Crippen LogP contribution in [-0.2, 0) is 30.9 Å². The fraction of sp³-hybridized carbons (Fsp3) is 0.259. The van der Waals surface area contributed by atoms with Crippen molar-refractivity contribution in [3.05, 3.63) is 90.2 Å². The van der Waals surface area contributed by atoms with Crippen LogP contribution in [0.15, 0.2) is 83.8 Å². The molecule has 202 valence electrons. The number of ether oxygens (including phenoxy) is 2. The number of halogens is 1. The first kappa shape index (κ1) is 28.6. The van der Waals surface area contributed by atoms with E-state index in [1.165, 1.54) is 48.4 Å². The Labute approximate surface area is 221 Å². The lowest BCUT2D eigenvalue weighted by Gasteiger charge is -2.28. The van der Waals surface area contributed by atoms with Gasteiger partial charge in [-0.05, 0) is 61.0 Å². The number of nitrogens with zero attached hydrogens (tertiary/aromatic N) is 1. The van der Waals surface area contributed by atoms with E-state index in [4.69, 9.17) is 9.47 Å². The summed E-state index contributed by atoms with van der Waals surface area (Å²) in [6.07, 6.45) is 0. The third-order valence-electron chi connectivity index (χ3n) is 5.56. The Kier molecular flexibility index (Phi) is 10.2. The normalized spacial score (nSPS) is 11.9. The number of sulfonamides is 1. The van der Waals surface area contributed by atoms with E-state index in [2.05, 4.69) is 10.0 Å². The van der Waals surface area contributed by atoms with Crippen LogP contribution in [-0.4, -0.2) is 58.0 Å². The summed E-state index contributed by atoms with van der Waals surface area (Å²) in [6.45, 7) is 2.14. The van der Waals surface area contributed by atoms with E-state index in [0.717, 1.165) is 17.7 Å². The molecule has 1 atom stereocenters. The molecule has 38 heavy (non-hydrogen) atoms. The summed E-state index contributed by atoms with van der Waals surface area (Å²) in [5.74, 6) is -0.948. The summed E-state index contributed by atoms with van der Waals surface area (Å²) < 4.78 is 51.2. The van der Waals surface area contributed by atoms with E-state index in [1.807, 2.05) is 30.3 Å².